The van der Waals surface area contributed by atoms with Crippen molar-refractivity contribution in [3.63, 3.8) is 0 Å². The average molecular weight is 429 g/mol. The summed E-state index contributed by atoms with van der Waals surface area (Å²) in [6.45, 7) is 12.0. The molecule has 9 atom stereocenters. The van der Waals surface area contributed by atoms with E-state index in [-0.39, 0.29) is 11.2 Å². The summed E-state index contributed by atoms with van der Waals surface area (Å²) in [6.07, 6.45) is 11.5. The van der Waals surface area contributed by atoms with Gasteiger partial charge in [0.1, 0.15) is 0 Å². The molecule has 2 aliphatic heterocycles. The van der Waals surface area contributed by atoms with Crippen molar-refractivity contribution in [1.82, 2.24) is 0 Å². The Morgan fingerprint density at radius 1 is 1.13 bits per heavy atom. The first-order valence-electron chi connectivity index (χ1n) is 12.5. The SMILES string of the molecule is C=C1/C(=C\C=C2\CCC[C@]3(C)[C@@H]4[C@H](C[C@@H]23)O[C@]2(CC[C@@H](C)CO2)[C@H]4C)C[C@H](O)C[C@@H]1O. The molecule has 5 aliphatic rings. The lowest BCUT2D eigenvalue weighted by Gasteiger charge is -2.46. The van der Waals surface area contributed by atoms with Gasteiger partial charge >= 0.3 is 0 Å². The van der Waals surface area contributed by atoms with E-state index in [1.807, 2.05) is 0 Å². The first kappa shape index (κ1) is 21.9. The smallest absolute Gasteiger partial charge is 0.171 e. The molecule has 172 valence electrons. The summed E-state index contributed by atoms with van der Waals surface area (Å²) < 4.78 is 13.2. The van der Waals surface area contributed by atoms with Gasteiger partial charge in [0, 0.05) is 18.8 Å². The molecule has 5 rings (SSSR count). The normalized spacial score (nSPS) is 52.7. The Labute approximate surface area is 187 Å². The second kappa shape index (κ2) is 7.83. The van der Waals surface area contributed by atoms with Crippen molar-refractivity contribution in [3.05, 3.63) is 35.5 Å². The maximum Gasteiger partial charge on any atom is 0.171 e. The Morgan fingerprint density at radius 3 is 2.68 bits per heavy atom. The van der Waals surface area contributed by atoms with Crippen LogP contribution in [0, 0.1) is 29.1 Å². The summed E-state index contributed by atoms with van der Waals surface area (Å²) in [7, 11) is 0. The Balaban J connectivity index is 1.38. The second-order valence-corrected chi connectivity index (χ2v) is 11.5. The molecular weight excluding hydrogens is 388 g/mol. The minimum Gasteiger partial charge on any atom is -0.393 e. The van der Waals surface area contributed by atoms with Crippen molar-refractivity contribution in [1.29, 1.82) is 0 Å². The van der Waals surface area contributed by atoms with Gasteiger partial charge in [-0.25, -0.2) is 0 Å². The zero-order valence-electron chi connectivity index (χ0n) is 19.5. The minimum atomic E-state index is -0.625. The number of allylic oxidation sites excluding steroid dienone is 3. The molecule has 5 fully saturated rings. The molecule has 0 aromatic carbocycles. The number of hydrogen-bond acceptors (Lipinski definition) is 4. The predicted octanol–water partition coefficient (Wildman–Crippen LogP) is 4.92. The molecule has 0 amide bonds. The van der Waals surface area contributed by atoms with Gasteiger partial charge in [-0.1, -0.05) is 45.1 Å². The van der Waals surface area contributed by atoms with Crippen LogP contribution in [0.4, 0.5) is 0 Å². The highest BCUT2D eigenvalue weighted by Crippen LogP contribution is 2.66. The summed E-state index contributed by atoms with van der Waals surface area (Å²) in [5, 5.41) is 20.3. The van der Waals surface area contributed by atoms with Gasteiger partial charge in [0.25, 0.3) is 0 Å². The van der Waals surface area contributed by atoms with E-state index in [4.69, 9.17) is 9.47 Å². The highest BCUT2D eigenvalue weighted by molar-refractivity contribution is 5.39. The fraction of sp³-hybridized carbons (Fsp3) is 0.778. The second-order valence-electron chi connectivity index (χ2n) is 11.5. The van der Waals surface area contributed by atoms with Crippen LogP contribution in [0.3, 0.4) is 0 Å². The Bertz CT molecular complexity index is 789. The standard InChI is InChI=1S/C27H40O4/c1-16-9-11-27(30-15-16)18(3)25-24(31-27)14-22-19(6-5-10-26(22,25)4)7-8-20-12-21(28)13-23(29)17(20)2/h7-8,16,18,21-25,28-29H,2,5-6,9-15H2,1,3-4H3/b19-7-,20-8-/t16-,18+,21+,22+,23+,24+,25+,26+,27-/m1/s1. The van der Waals surface area contributed by atoms with E-state index < -0.39 is 12.2 Å². The van der Waals surface area contributed by atoms with Crippen LogP contribution in [0.5, 0.6) is 0 Å². The molecule has 0 unspecified atom stereocenters. The number of aliphatic hydroxyl groups is 2. The highest BCUT2D eigenvalue weighted by Gasteiger charge is 2.65. The Kier molecular flexibility index (Phi) is 5.53. The molecule has 4 nitrogen and oxygen atoms in total. The van der Waals surface area contributed by atoms with Crippen LogP contribution < -0.4 is 0 Å². The number of rotatable bonds is 1. The summed E-state index contributed by atoms with van der Waals surface area (Å²) in [5.41, 5.74) is 3.54. The fourth-order valence-electron chi connectivity index (χ4n) is 7.72. The van der Waals surface area contributed by atoms with E-state index in [2.05, 4.69) is 39.5 Å². The summed E-state index contributed by atoms with van der Waals surface area (Å²) in [4.78, 5) is 0. The van der Waals surface area contributed by atoms with Crippen LogP contribution in [0.1, 0.15) is 72.1 Å². The van der Waals surface area contributed by atoms with E-state index in [9.17, 15) is 10.2 Å². The highest BCUT2D eigenvalue weighted by atomic mass is 16.7. The fourth-order valence-corrected chi connectivity index (χ4v) is 7.72. The third kappa shape index (κ3) is 3.49. The van der Waals surface area contributed by atoms with Gasteiger partial charge in [-0.2, -0.15) is 0 Å². The van der Waals surface area contributed by atoms with E-state index in [0.717, 1.165) is 37.0 Å². The van der Waals surface area contributed by atoms with Crippen molar-refractivity contribution >= 4 is 0 Å². The van der Waals surface area contributed by atoms with Crippen molar-refractivity contribution in [2.75, 3.05) is 6.61 Å². The molecule has 2 saturated heterocycles. The molecule has 0 aromatic heterocycles. The van der Waals surface area contributed by atoms with Gasteiger partial charge in [-0.3, -0.25) is 0 Å². The third-order valence-corrected chi connectivity index (χ3v) is 9.50. The van der Waals surface area contributed by atoms with E-state index in [1.165, 1.54) is 24.8 Å². The molecule has 31 heavy (non-hydrogen) atoms. The molecule has 0 aromatic rings. The van der Waals surface area contributed by atoms with Gasteiger partial charge in [-0.05, 0) is 72.8 Å². The van der Waals surface area contributed by atoms with Gasteiger partial charge < -0.3 is 19.7 Å². The molecule has 4 heteroatoms. The van der Waals surface area contributed by atoms with Gasteiger partial charge in [-0.15, -0.1) is 0 Å². The monoisotopic (exact) mass is 428 g/mol. The lowest BCUT2D eigenvalue weighted by molar-refractivity contribution is -0.271. The van der Waals surface area contributed by atoms with Crippen LogP contribution >= 0.6 is 0 Å². The largest absolute Gasteiger partial charge is 0.393 e. The van der Waals surface area contributed by atoms with E-state index >= 15 is 0 Å². The van der Waals surface area contributed by atoms with Crippen molar-refractivity contribution in [2.24, 2.45) is 29.1 Å². The van der Waals surface area contributed by atoms with Crippen LogP contribution in [0.15, 0.2) is 35.5 Å². The Hall–Kier alpha value is -0.940. The number of hydrogen-bond donors (Lipinski definition) is 2. The zero-order valence-corrected chi connectivity index (χ0v) is 19.5. The van der Waals surface area contributed by atoms with Crippen LogP contribution in [-0.4, -0.2) is 40.9 Å². The first-order chi connectivity index (χ1) is 14.7. The molecule has 3 saturated carbocycles. The van der Waals surface area contributed by atoms with Crippen LogP contribution in [0.25, 0.3) is 0 Å². The maximum absolute atomic E-state index is 10.2. The van der Waals surface area contributed by atoms with Crippen molar-refractivity contribution in [3.8, 4) is 0 Å². The third-order valence-electron chi connectivity index (χ3n) is 9.50. The van der Waals surface area contributed by atoms with Crippen LogP contribution in [-0.2, 0) is 9.47 Å². The molecule has 0 bridgehead atoms. The van der Waals surface area contributed by atoms with Crippen molar-refractivity contribution < 1.29 is 19.7 Å². The van der Waals surface area contributed by atoms with Gasteiger partial charge in [0.15, 0.2) is 5.79 Å². The average Bonchev–Trinajstić information content (AvgIpc) is 3.17. The molecule has 0 radical (unpaired) electrons. The van der Waals surface area contributed by atoms with Gasteiger partial charge in [0.05, 0.1) is 24.9 Å². The Morgan fingerprint density at radius 2 is 1.94 bits per heavy atom. The molecule has 1 spiro atoms. The molecular formula is C27H40O4. The lowest BCUT2D eigenvalue weighted by atomic mass is 9.60. The topological polar surface area (TPSA) is 58.9 Å². The summed E-state index contributed by atoms with van der Waals surface area (Å²) >= 11 is 0. The predicted molar refractivity (Wildman–Crippen MR) is 121 cm³/mol. The van der Waals surface area contributed by atoms with Gasteiger partial charge in [0.2, 0.25) is 0 Å². The molecule has 3 aliphatic carbocycles. The zero-order chi connectivity index (χ0) is 22.0. The lowest BCUT2D eigenvalue weighted by Crippen LogP contribution is -2.46. The van der Waals surface area contributed by atoms with Crippen molar-refractivity contribution in [2.45, 2.75) is 96.2 Å². The van der Waals surface area contributed by atoms with E-state index in [0.29, 0.717) is 42.6 Å². The number of aliphatic hydroxyl groups excluding tert-OH is 2. The van der Waals surface area contributed by atoms with E-state index in [1.54, 1.807) is 0 Å². The maximum atomic E-state index is 10.2. The molecule has 2 heterocycles. The summed E-state index contributed by atoms with van der Waals surface area (Å²) in [5.74, 6) is 1.80. The van der Waals surface area contributed by atoms with Crippen LogP contribution in [0.2, 0.25) is 0 Å². The quantitative estimate of drug-likeness (QED) is 0.623. The minimum absolute atomic E-state index is 0.255. The number of ether oxygens (including phenoxy) is 2. The summed E-state index contributed by atoms with van der Waals surface area (Å²) in [6, 6.07) is 0. The number of fused-ring (bicyclic) bond motifs is 3. The first-order valence-corrected chi connectivity index (χ1v) is 12.5. The molecule has 2 N–H and O–H groups in total.